The molecule has 0 saturated heterocycles. The van der Waals surface area contributed by atoms with Gasteiger partial charge in [-0.05, 0) is 29.8 Å². The maximum atomic E-state index is 14.4. The Morgan fingerprint density at radius 1 is 1.07 bits per heavy atom. The van der Waals surface area contributed by atoms with Crippen LogP contribution in [0, 0.1) is 17.6 Å². The number of nitrogens with zero attached hydrogens (tertiary/aromatic N) is 1. The zero-order chi connectivity index (χ0) is 19.9. The number of hydrogen-bond acceptors (Lipinski definition) is 4. The van der Waals surface area contributed by atoms with Gasteiger partial charge in [-0.15, -0.1) is 0 Å². The van der Waals surface area contributed by atoms with E-state index in [1.807, 2.05) is 0 Å². The van der Waals surface area contributed by atoms with E-state index < -0.39 is 46.7 Å². The number of anilines is 1. The third-order valence-corrected chi connectivity index (χ3v) is 4.37. The summed E-state index contributed by atoms with van der Waals surface area (Å²) in [6.45, 7) is 3.21. The van der Waals surface area contributed by atoms with Crippen LogP contribution >= 0.6 is 0 Å². The number of aliphatic hydroxyl groups excluding tert-OH is 1. The van der Waals surface area contributed by atoms with Gasteiger partial charge in [0.1, 0.15) is 17.4 Å². The Morgan fingerprint density at radius 2 is 1.70 bits per heavy atom. The summed E-state index contributed by atoms with van der Waals surface area (Å²) in [5, 5.41) is 19.9. The van der Waals surface area contributed by atoms with Crippen LogP contribution < -0.4 is 4.90 Å². The van der Waals surface area contributed by atoms with Gasteiger partial charge in [0.25, 0.3) is 5.91 Å². The molecule has 140 valence electrons. The fourth-order valence-corrected chi connectivity index (χ4v) is 3.06. The smallest absolute Gasteiger partial charge is 0.294 e. The van der Waals surface area contributed by atoms with Crippen molar-refractivity contribution in [1.82, 2.24) is 0 Å². The van der Waals surface area contributed by atoms with Crippen molar-refractivity contribution in [2.45, 2.75) is 19.9 Å². The Balaban J connectivity index is 2.23. The highest BCUT2D eigenvalue weighted by Crippen LogP contribution is 2.43. The van der Waals surface area contributed by atoms with Crippen LogP contribution in [0.4, 0.5) is 14.5 Å². The van der Waals surface area contributed by atoms with E-state index in [2.05, 4.69) is 0 Å². The van der Waals surface area contributed by atoms with Gasteiger partial charge in [-0.3, -0.25) is 14.5 Å². The minimum Gasteiger partial charge on any atom is -0.508 e. The molecule has 2 N–H and O–H groups in total. The van der Waals surface area contributed by atoms with Crippen LogP contribution in [-0.2, 0) is 9.59 Å². The van der Waals surface area contributed by atoms with E-state index in [1.165, 1.54) is 24.3 Å². The third-order valence-electron chi connectivity index (χ3n) is 4.37. The molecule has 2 aromatic rings. The summed E-state index contributed by atoms with van der Waals surface area (Å²) in [6.07, 6.45) is 0. The van der Waals surface area contributed by atoms with E-state index in [0.29, 0.717) is 5.56 Å². The lowest BCUT2D eigenvalue weighted by Crippen LogP contribution is -2.32. The number of aromatic hydroxyl groups is 1. The fourth-order valence-electron chi connectivity index (χ4n) is 3.06. The summed E-state index contributed by atoms with van der Waals surface area (Å²) in [4.78, 5) is 26.2. The van der Waals surface area contributed by atoms with E-state index in [1.54, 1.807) is 13.8 Å². The monoisotopic (exact) mass is 373 g/mol. The second-order valence-corrected chi connectivity index (χ2v) is 6.55. The van der Waals surface area contributed by atoms with E-state index in [9.17, 15) is 28.6 Å². The first-order chi connectivity index (χ1) is 12.7. The molecule has 0 aliphatic carbocycles. The SMILES string of the molecule is CC(C)C(=O)C1=C(O)C(=O)N(c2cc(F)ccc2F)C1c1ccc(O)cc1. The standard InChI is InChI=1S/C20H17F2NO4/c1-10(2)18(25)16-17(11-3-6-13(24)7-4-11)23(20(27)19(16)26)15-9-12(21)5-8-14(15)22/h3-10,17,24,26H,1-2H3. The number of carbonyl (C=O) groups is 2. The number of amides is 1. The molecular weight excluding hydrogens is 356 g/mol. The van der Waals surface area contributed by atoms with Crippen molar-refractivity contribution >= 4 is 17.4 Å². The fraction of sp³-hybridized carbons (Fsp3) is 0.200. The van der Waals surface area contributed by atoms with E-state index in [-0.39, 0.29) is 11.3 Å². The van der Waals surface area contributed by atoms with Crippen LogP contribution in [0.1, 0.15) is 25.5 Å². The summed E-state index contributed by atoms with van der Waals surface area (Å²) < 4.78 is 28.1. The van der Waals surface area contributed by atoms with Crippen LogP contribution in [0.2, 0.25) is 0 Å². The largest absolute Gasteiger partial charge is 0.508 e. The number of hydrogen-bond donors (Lipinski definition) is 2. The Labute approximate surface area is 154 Å². The summed E-state index contributed by atoms with van der Waals surface area (Å²) in [5.74, 6) is -4.51. The van der Waals surface area contributed by atoms with Gasteiger partial charge in [0.2, 0.25) is 0 Å². The second kappa shape index (κ2) is 6.83. The maximum Gasteiger partial charge on any atom is 0.294 e. The molecule has 0 saturated carbocycles. The molecule has 0 fully saturated rings. The summed E-state index contributed by atoms with van der Waals surface area (Å²) in [5.41, 5.74) is -0.224. The highest BCUT2D eigenvalue weighted by Gasteiger charge is 2.45. The summed E-state index contributed by atoms with van der Waals surface area (Å²) in [6, 6.07) is 7.03. The molecule has 1 unspecified atom stereocenters. The normalized spacial score (nSPS) is 17.1. The lowest BCUT2D eigenvalue weighted by molar-refractivity contribution is -0.119. The molecule has 27 heavy (non-hydrogen) atoms. The van der Waals surface area contributed by atoms with Crippen LogP contribution in [0.5, 0.6) is 5.75 Å². The number of ketones is 1. The quantitative estimate of drug-likeness (QED) is 0.855. The van der Waals surface area contributed by atoms with Crippen molar-refractivity contribution < 1.29 is 28.6 Å². The van der Waals surface area contributed by atoms with Crippen molar-refractivity contribution in [2.24, 2.45) is 5.92 Å². The molecule has 1 heterocycles. The van der Waals surface area contributed by atoms with Crippen molar-refractivity contribution in [3.63, 3.8) is 0 Å². The molecule has 3 rings (SSSR count). The third kappa shape index (κ3) is 3.16. The second-order valence-electron chi connectivity index (χ2n) is 6.55. The number of aliphatic hydroxyl groups is 1. The molecule has 0 aromatic heterocycles. The first-order valence-electron chi connectivity index (χ1n) is 8.27. The molecule has 0 spiro atoms. The number of phenols is 1. The first-order valence-corrected chi connectivity index (χ1v) is 8.27. The predicted octanol–water partition coefficient (Wildman–Crippen LogP) is 3.80. The molecule has 1 amide bonds. The number of Topliss-reactive ketones (excluding diaryl/α,β-unsaturated/α-hetero) is 1. The Morgan fingerprint density at radius 3 is 2.30 bits per heavy atom. The Hall–Kier alpha value is -3.22. The predicted molar refractivity (Wildman–Crippen MR) is 94.2 cm³/mol. The van der Waals surface area contributed by atoms with E-state index in [4.69, 9.17) is 0 Å². The number of rotatable bonds is 4. The molecule has 2 aromatic carbocycles. The highest BCUT2D eigenvalue weighted by atomic mass is 19.1. The number of phenolic OH excluding ortho intramolecular Hbond substituents is 1. The zero-order valence-electron chi connectivity index (χ0n) is 14.6. The van der Waals surface area contributed by atoms with Crippen molar-refractivity contribution in [1.29, 1.82) is 0 Å². The molecular formula is C20H17F2NO4. The van der Waals surface area contributed by atoms with Crippen molar-refractivity contribution in [2.75, 3.05) is 4.90 Å². The van der Waals surface area contributed by atoms with Gasteiger partial charge in [0.15, 0.2) is 11.5 Å². The van der Waals surface area contributed by atoms with Gasteiger partial charge in [0, 0.05) is 12.0 Å². The minimum absolute atomic E-state index is 0.0449. The lowest BCUT2D eigenvalue weighted by Gasteiger charge is -2.27. The number of halogens is 2. The first kappa shape index (κ1) is 18.6. The van der Waals surface area contributed by atoms with E-state index >= 15 is 0 Å². The average molecular weight is 373 g/mol. The molecule has 1 atom stereocenters. The molecule has 5 nitrogen and oxygen atoms in total. The number of carbonyl (C=O) groups excluding carboxylic acids is 2. The highest BCUT2D eigenvalue weighted by molar-refractivity contribution is 6.16. The van der Waals surface area contributed by atoms with Gasteiger partial charge >= 0.3 is 0 Å². The molecule has 7 heteroatoms. The van der Waals surface area contributed by atoms with Crippen LogP contribution in [-0.4, -0.2) is 21.9 Å². The minimum atomic E-state index is -1.15. The maximum absolute atomic E-state index is 14.4. The van der Waals surface area contributed by atoms with Crippen LogP contribution in [0.25, 0.3) is 0 Å². The molecule has 0 bridgehead atoms. The molecule has 1 aliphatic heterocycles. The topological polar surface area (TPSA) is 77.8 Å². The van der Waals surface area contributed by atoms with E-state index in [0.717, 1.165) is 23.1 Å². The lowest BCUT2D eigenvalue weighted by atomic mass is 9.91. The zero-order valence-corrected chi connectivity index (χ0v) is 14.6. The Bertz CT molecular complexity index is 951. The van der Waals surface area contributed by atoms with Gasteiger partial charge in [-0.25, -0.2) is 8.78 Å². The average Bonchev–Trinajstić information content (AvgIpc) is 2.88. The Kier molecular flexibility index (Phi) is 4.70. The number of benzene rings is 2. The van der Waals surface area contributed by atoms with Gasteiger partial charge < -0.3 is 10.2 Å². The molecule has 0 radical (unpaired) electrons. The molecule has 1 aliphatic rings. The van der Waals surface area contributed by atoms with Crippen molar-refractivity contribution in [3.8, 4) is 5.75 Å². The van der Waals surface area contributed by atoms with Crippen LogP contribution in [0.15, 0.2) is 53.8 Å². The van der Waals surface area contributed by atoms with Gasteiger partial charge in [-0.1, -0.05) is 26.0 Å². The van der Waals surface area contributed by atoms with Crippen molar-refractivity contribution in [3.05, 3.63) is 71.0 Å². The van der Waals surface area contributed by atoms with Gasteiger partial charge in [0.05, 0.1) is 17.3 Å². The summed E-state index contributed by atoms with van der Waals surface area (Å²) >= 11 is 0. The van der Waals surface area contributed by atoms with Gasteiger partial charge in [-0.2, -0.15) is 0 Å². The van der Waals surface area contributed by atoms with Crippen LogP contribution in [0.3, 0.4) is 0 Å². The summed E-state index contributed by atoms with van der Waals surface area (Å²) in [7, 11) is 0.